The number of hydrogen-bond acceptors (Lipinski definition) is 4. The number of amides is 1. The van der Waals surface area contributed by atoms with Crippen molar-refractivity contribution < 1.29 is 14.3 Å². The molecule has 27 heavy (non-hydrogen) atoms. The summed E-state index contributed by atoms with van der Waals surface area (Å²) in [7, 11) is 1.54. The normalized spacial score (nSPS) is 10.4. The number of aryl methyl sites for hydroxylation is 1. The largest absolute Gasteiger partial charge is 0.497 e. The van der Waals surface area contributed by atoms with E-state index < -0.39 is 5.91 Å². The second-order valence-electron chi connectivity index (χ2n) is 5.53. The van der Waals surface area contributed by atoms with Crippen LogP contribution in [0.5, 0.6) is 11.5 Å². The number of carbonyl (C=O) groups excluding carboxylic acids is 1. The summed E-state index contributed by atoms with van der Waals surface area (Å²) in [6.45, 7) is 2.06. The van der Waals surface area contributed by atoms with Crippen molar-refractivity contribution in [3.63, 3.8) is 0 Å². The Morgan fingerprint density at radius 1 is 1.30 bits per heavy atom. The molecule has 0 fully saturated rings. The summed E-state index contributed by atoms with van der Waals surface area (Å²) in [6.07, 6.45) is 7.48. The average molecular weight is 360 g/mol. The van der Waals surface area contributed by atoms with Crippen LogP contribution in [0.15, 0.2) is 48.0 Å². The number of carbonyl (C=O) groups is 1. The third-order valence-corrected chi connectivity index (χ3v) is 3.84. The number of terminal acetylenes is 1. The van der Waals surface area contributed by atoms with Gasteiger partial charge in [-0.25, -0.2) is 0 Å². The molecule has 5 heteroatoms. The van der Waals surface area contributed by atoms with Crippen LogP contribution in [0.25, 0.3) is 6.08 Å². The van der Waals surface area contributed by atoms with E-state index in [1.807, 2.05) is 31.2 Å². The molecule has 0 aliphatic heterocycles. The third-order valence-electron chi connectivity index (χ3n) is 3.84. The van der Waals surface area contributed by atoms with Gasteiger partial charge in [-0.3, -0.25) is 4.79 Å². The highest BCUT2D eigenvalue weighted by atomic mass is 16.5. The van der Waals surface area contributed by atoms with Gasteiger partial charge < -0.3 is 14.8 Å². The lowest BCUT2D eigenvalue weighted by molar-refractivity contribution is -0.112. The molecule has 2 rings (SSSR count). The third kappa shape index (κ3) is 5.14. The summed E-state index contributed by atoms with van der Waals surface area (Å²) < 4.78 is 10.7. The van der Waals surface area contributed by atoms with Crippen LogP contribution in [-0.4, -0.2) is 19.6 Å². The van der Waals surface area contributed by atoms with Gasteiger partial charge in [-0.15, -0.1) is 6.42 Å². The fourth-order valence-electron chi connectivity index (χ4n) is 2.45. The van der Waals surface area contributed by atoms with E-state index in [0.29, 0.717) is 22.7 Å². The molecule has 5 nitrogen and oxygen atoms in total. The van der Waals surface area contributed by atoms with Crippen LogP contribution in [0.4, 0.5) is 5.69 Å². The number of anilines is 1. The van der Waals surface area contributed by atoms with E-state index in [9.17, 15) is 10.1 Å². The fourth-order valence-corrected chi connectivity index (χ4v) is 2.45. The lowest BCUT2D eigenvalue weighted by Crippen LogP contribution is -2.14. The smallest absolute Gasteiger partial charge is 0.266 e. The summed E-state index contributed by atoms with van der Waals surface area (Å²) in [5.41, 5.74) is 2.19. The van der Waals surface area contributed by atoms with Crippen LogP contribution < -0.4 is 14.8 Å². The van der Waals surface area contributed by atoms with Gasteiger partial charge in [0.15, 0.2) is 0 Å². The Labute approximate surface area is 159 Å². The van der Waals surface area contributed by atoms with Crippen molar-refractivity contribution in [2.45, 2.75) is 13.3 Å². The van der Waals surface area contributed by atoms with Gasteiger partial charge >= 0.3 is 0 Å². The Bertz CT molecular complexity index is 933. The predicted molar refractivity (Wildman–Crippen MR) is 105 cm³/mol. The molecule has 1 N–H and O–H groups in total. The highest BCUT2D eigenvalue weighted by molar-refractivity contribution is 6.10. The number of hydrogen-bond donors (Lipinski definition) is 1. The van der Waals surface area contributed by atoms with E-state index in [-0.39, 0.29) is 12.2 Å². The summed E-state index contributed by atoms with van der Waals surface area (Å²) >= 11 is 0. The molecule has 0 unspecified atom stereocenters. The molecule has 136 valence electrons. The van der Waals surface area contributed by atoms with Gasteiger partial charge in [0.1, 0.15) is 29.7 Å². The van der Waals surface area contributed by atoms with Crippen molar-refractivity contribution in [2.24, 2.45) is 0 Å². The van der Waals surface area contributed by atoms with Crippen LogP contribution in [0, 0.1) is 23.7 Å². The Morgan fingerprint density at radius 2 is 2.07 bits per heavy atom. The zero-order chi connectivity index (χ0) is 19.6. The Kier molecular flexibility index (Phi) is 7.05. The van der Waals surface area contributed by atoms with Gasteiger partial charge in [0, 0.05) is 17.3 Å². The molecule has 2 aromatic rings. The number of methoxy groups -OCH3 is 1. The Balaban J connectivity index is 2.33. The summed E-state index contributed by atoms with van der Waals surface area (Å²) in [6, 6.07) is 14.5. The first-order valence-corrected chi connectivity index (χ1v) is 8.38. The zero-order valence-corrected chi connectivity index (χ0v) is 15.3. The number of nitrogens with zero attached hydrogens (tertiary/aromatic N) is 1. The number of nitriles is 1. The van der Waals surface area contributed by atoms with E-state index >= 15 is 0 Å². The molecular weight excluding hydrogens is 340 g/mol. The first-order chi connectivity index (χ1) is 13.1. The monoisotopic (exact) mass is 360 g/mol. The fraction of sp³-hybridized carbons (Fsp3) is 0.182. The van der Waals surface area contributed by atoms with Crippen molar-refractivity contribution in [1.29, 1.82) is 5.26 Å². The SMILES string of the molecule is C#CCOc1cc(OC)ccc1/C=C(\C#N)C(=O)Nc1ccccc1CC. The van der Waals surface area contributed by atoms with E-state index in [1.54, 1.807) is 24.3 Å². The van der Waals surface area contributed by atoms with Crippen LogP contribution >= 0.6 is 0 Å². The van der Waals surface area contributed by atoms with E-state index in [1.165, 1.54) is 13.2 Å². The maximum absolute atomic E-state index is 12.6. The molecule has 0 aromatic heterocycles. The quantitative estimate of drug-likeness (QED) is 0.463. The van der Waals surface area contributed by atoms with E-state index in [2.05, 4.69) is 11.2 Å². The Hall–Kier alpha value is -3.70. The molecule has 0 saturated heterocycles. The van der Waals surface area contributed by atoms with Gasteiger partial charge in [0.25, 0.3) is 5.91 Å². The highest BCUT2D eigenvalue weighted by Crippen LogP contribution is 2.27. The highest BCUT2D eigenvalue weighted by Gasteiger charge is 2.13. The van der Waals surface area contributed by atoms with Crippen molar-refractivity contribution >= 4 is 17.7 Å². The number of para-hydroxylation sites is 1. The van der Waals surface area contributed by atoms with Crippen molar-refractivity contribution in [1.82, 2.24) is 0 Å². The molecule has 0 radical (unpaired) electrons. The first-order valence-electron chi connectivity index (χ1n) is 8.38. The summed E-state index contributed by atoms with van der Waals surface area (Å²) in [5, 5.41) is 12.2. The van der Waals surface area contributed by atoms with Gasteiger partial charge in [-0.2, -0.15) is 5.26 Å². The summed E-state index contributed by atoms with van der Waals surface area (Å²) in [5.74, 6) is 2.91. The molecule has 0 bridgehead atoms. The number of benzene rings is 2. The first kappa shape index (κ1) is 19.6. The van der Waals surface area contributed by atoms with E-state index in [0.717, 1.165) is 12.0 Å². The van der Waals surface area contributed by atoms with Crippen LogP contribution in [0.3, 0.4) is 0 Å². The van der Waals surface area contributed by atoms with Crippen molar-refractivity contribution in [3.05, 3.63) is 59.2 Å². The topological polar surface area (TPSA) is 71.3 Å². The maximum Gasteiger partial charge on any atom is 0.266 e. The molecule has 0 saturated carbocycles. The molecule has 0 aliphatic carbocycles. The molecule has 0 spiro atoms. The second kappa shape index (κ2) is 9.70. The minimum Gasteiger partial charge on any atom is -0.497 e. The second-order valence-corrected chi connectivity index (χ2v) is 5.53. The van der Waals surface area contributed by atoms with Gasteiger partial charge in [0.05, 0.1) is 7.11 Å². The molecule has 0 aliphatic rings. The lowest BCUT2D eigenvalue weighted by Gasteiger charge is -2.11. The number of nitrogens with one attached hydrogen (secondary N) is 1. The molecule has 0 atom stereocenters. The maximum atomic E-state index is 12.6. The summed E-state index contributed by atoms with van der Waals surface area (Å²) in [4.78, 5) is 12.6. The lowest BCUT2D eigenvalue weighted by atomic mass is 10.1. The van der Waals surface area contributed by atoms with Crippen molar-refractivity contribution in [3.8, 4) is 29.9 Å². The van der Waals surface area contributed by atoms with Gasteiger partial charge in [0.2, 0.25) is 0 Å². The van der Waals surface area contributed by atoms with Crippen molar-refractivity contribution in [2.75, 3.05) is 19.0 Å². The molecule has 1 amide bonds. The number of ether oxygens (including phenoxy) is 2. The van der Waals surface area contributed by atoms with E-state index in [4.69, 9.17) is 15.9 Å². The molecule has 2 aromatic carbocycles. The Morgan fingerprint density at radius 3 is 2.74 bits per heavy atom. The molecular formula is C22H20N2O3. The van der Waals surface area contributed by atoms with Crippen LogP contribution in [0.2, 0.25) is 0 Å². The van der Waals surface area contributed by atoms with Gasteiger partial charge in [-0.1, -0.05) is 31.0 Å². The van der Waals surface area contributed by atoms with Crippen LogP contribution in [-0.2, 0) is 11.2 Å². The minimum absolute atomic E-state index is 0.0448. The standard InChI is InChI=1S/C22H20N2O3/c1-4-12-27-21-14-19(26-3)11-10-17(21)13-18(15-23)22(25)24-20-9-7-6-8-16(20)5-2/h1,6-11,13-14H,5,12H2,2-3H3,(H,24,25)/b18-13+. The molecule has 0 heterocycles. The minimum atomic E-state index is -0.489. The van der Waals surface area contributed by atoms with Crippen LogP contribution in [0.1, 0.15) is 18.1 Å². The number of rotatable bonds is 7. The predicted octanol–water partition coefficient (Wildman–Crippen LogP) is 3.82. The van der Waals surface area contributed by atoms with Gasteiger partial charge in [-0.05, 0) is 36.3 Å². The zero-order valence-electron chi connectivity index (χ0n) is 15.3. The average Bonchev–Trinajstić information content (AvgIpc) is 2.71.